The SMILES string of the molecule is Cc1cc(N2CCC(C(=O)N(C)c3ccccc3)C2=O)ccc1Cl. The summed E-state index contributed by atoms with van der Waals surface area (Å²) < 4.78 is 0. The van der Waals surface area contributed by atoms with Crippen LogP contribution in [0.2, 0.25) is 5.02 Å². The molecular weight excluding hydrogens is 324 g/mol. The van der Waals surface area contributed by atoms with Crippen LogP contribution >= 0.6 is 11.6 Å². The highest BCUT2D eigenvalue weighted by atomic mass is 35.5. The molecule has 2 aromatic rings. The highest BCUT2D eigenvalue weighted by molar-refractivity contribution is 6.31. The smallest absolute Gasteiger partial charge is 0.239 e. The number of aryl methyl sites for hydroxylation is 1. The van der Waals surface area contributed by atoms with Gasteiger partial charge in [0, 0.05) is 30.0 Å². The van der Waals surface area contributed by atoms with Gasteiger partial charge < -0.3 is 9.80 Å². The third-order valence-electron chi connectivity index (χ3n) is 4.43. The molecule has 3 rings (SSSR count). The molecule has 1 saturated heterocycles. The monoisotopic (exact) mass is 342 g/mol. The highest BCUT2D eigenvalue weighted by Gasteiger charge is 2.39. The van der Waals surface area contributed by atoms with Crippen molar-refractivity contribution in [1.29, 1.82) is 0 Å². The molecule has 0 bridgehead atoms. The van der Waals surface area contributed by atoms with E-state index in [9.17, 15) is 9.59 Å². The van der Waals surface area contributed by atoms with Crippen molar-refractivity contribution in [2.45, 2.75) is 13.3 Å². The summed E-state index contributed by atoms with van der Waals surface area (Å²) in [4.78, 5) is 28.7. The lowest BCUT2D eigenvalue weighted by Crippen LogP contribution is -2.38. The number of carbonyl (C=O) groups is 2. The van der Waals surface area contributed by atoms with Crippen LogP contribution in [0.5, 0.6) is 0 Å². The molecule has 0 spiro atoms. The summed E-state index contributed by atoms with van der Waals surface area (Å²) in [6, 6.07) is 14.8. The fourth-order valence-corrected chi connectivity index (χ4v) is 3.09. The zero-order valence-corrected chi connectivity index (χ0v) is 14.5. The Morgan fingerprint density at radius 3 is 2.58 bits per heavy atom. The minimum Gasteiger partial charge on any atom is -0.315 e. The van der Waals surface area contributed by atoms with Gasteiger partial charge in [0.05, 0.1) is 0 Å². The molecule has 1 aliphatic heterocycles. The van der Waals surface area contributed by atoms with E-state index in [2.05, 4.69) is 0 Å². The molecule has 2 aromatic carbocycles. The summed E-state index contributed by atoms with van der Waals surface area (Å²) in [5, 5.41) is 0.668. The lowest BCUT2D eigenvalue weighted by atomic mass is 10.1. The van der Waals surface area contributed by atoms with Crippen molar-refractivity contribution in [2.24, 2.45) is 5.92 Å². The van der Waals surface area contributed by atoms with Crippen LogP contribution in [0.25, 0.3) is 0 Å². The summed E-state index contributed by atoms with van der Waals surface area (Å²) in [5.74, 6) is -0.949. The van der Waals surface area contributed by atoms with Crippen molar-refractivity contribution in [3.63, 3.8) is 0 Å². The van der Waals surface area contributed by atoms with E-state index in [0.29, 0.717) is 18.0 Å². The summed E-state index contributed by atoms with van der Waals surface area (Å²) in [6.07, 6.45) is 0.524. The van der Waals surface area contributed by atoms with Gasteiger partial charge in [-0.25, -0.2) is 0 Å². The predicted molar refractivity (Wildman–Crippen MR) is 96.5 cm³/mol. The topological polar surface area (TPSA) is 40.6 Å². The van der Waals surface area contributed by atoms with Gasteiger partial charge in [-0.05, 0) is 49.2 Å². The number of para-hydroxylation sites is 1. The molecular formula is C19H19ClN2O2. The van der Waals surface area contributed by atoms with Crippen molar-refractivity contribution in [2.75, 3.05) is 23.4 Å². The minimum absolute atomic E-state index is 0.149. The second-order valence-corrected chi connectivity index (χ2v) is 6.40. The number of anilines is 2. The molecule has 0 aliphatic carbocycles. The van der Waals surface area contributed by atoms with Crippen LogP contribution in [0, 0.1) is 12.8 Å². The summed E-state index contributed by atoms with van der Waals surface area (Å²) in [5.41, 5.74) is 2.49. The fourth-order valence-electron chi connectivity index (χ4n) is 2.97. The van der Waals surface area contributed by atoms with Crippen LogP contribution in [-0.2, 0) is 9.59 Å². The van der Waals surface area contributed by atoms with E-state index in [1.54, 1.807) is 22.9 Å². The van der Waals surface area contributed by atoms with Crippen LogP contribution in [0.1, 0.15) is 12.0 Å². The van der Waals surface area contributed by atoms with E-state index in [4.69, 9.17) is 11.6 Å². The second kappa shape index (κ2) is 6.65. The average molecular weight is 343 g/mol. The van der Waals surface area contributed by atoms with E-state index in [-0.39, 0.29) is 11.8 Å². The molecule has 5 heteroatoms. The fraction of sp³-hybridized carbons (Fsp3) is 0.263. The van der Waals surface area contributed by atoms with E-state index in [1.807, 2.05) is 49.4 Å². The number of amides is 2. The van der Waals surface area contributed by atoms with Crippen LogP contribution in [0.3, 0.4) is 0 Å². The number of hydrogen-bond donors (Lipinski definition) is 0. The number of nitrogens with zero attached hydrogens (tertiary/aromatic N) is 2. The number of rotatable bonds is 3. The standard InChI is InChI=1S/C19H19ClN2O2/c1-13-12-15(8-9-17(13)20)22-11-10-16(19(22)24)18(23)21(2)14-6-4-3-5-7-14/h3-9,12,16H,10-11H2,1-2H3. The molecule has 4 nitrogen and oxygen atoms in total. The van der Waals surface area contributed by atoms with Gasteiger partial charge in [0.1, 0.15) is 5.92 Å². The number of halogens is 1. The van der Waals surface area contributed by atoms with Gasteiger partial charge in [-0.1, -0.05) is 29.8 Å². The van der Waals surface area contributed by atoms with Crippen molar-refractivity contribution < 1.29 is 9.59 Å². The van der Waals surface area contributed by atoms with E-state index >= 15 is 0 Å². The van der Waals surface area contributed by atoms with Crippen LogP contribution in [0.4, 0.5) is 11.4 Å². The Hall–Kier alpha value is -2.33. The van der Waals surface area contributed by atoms with E-state index in [0.717, 1.165) is 16.9 Å². The predicted octanol–water partition coefficient (Wildman–Crippen LogP) is 3.66. The molecule has 124 valence electrons. The lowest BCUT2D eigenvalue weighted by molar-refractivity contribution is -0.130. The van der Waals surface area contributed by atoms with Gasteiger partial charge in [-0.2, -0.15) is 0 Å². The maximum atomic E-state index is 12.7. The summed E-state index contributed by atoms with van der Waals surface area (Å²) in [7, 11) is 1.71. The molecule has 24 heavy (non-hydrogen) atoms. The van der Waals surface area contributed by atoms with Crippen molar-refractivity contribution in [3.8, 4) is 0 Å². The number of hydrogen-bond acceptors (Lipinski definition) is 2. The third kappa shape index (κ3) is 3.02. The second-order valence-electron chi connectivity index (χ2n) is 6.00. The maximum absolute atomic E-state index is 12.7. The number of carbonyl (C=O) groups excluding carboxylic acids is 2. The van der Waals surface area contributed by atoms with E-state index in [1.165, 1.54) is 0 Å². The molecule has 1 atom stereocenters. The molecule has 0 saturated carbocycles. The first-order chi connectivity index (χ1) is 11.5. The zero-order chi connectivity index (χ0) is 17.3. The summed E-state index contributed by atoms with van der Waals surface area (Å²) in [6.45, 7) is 2.44. The Labute approximate surface area is 146 Å². The molecule has 0 N–H and O–H groups in total. The number of benzene rings is 2. The molecule has 1 unspecified atom stereocenters. The largest absolute Gasteiger partial charge is 0.315 e. The van der Waals surface area contributed by atoms with Crippen molar-refractivity contribution in [1.82, 2.24) is 0 Å². The van der Waals surface area contributed by atoms with Gasteiger partial charge in [-0.3, -0.25) is 9.59 Å². The summed E-state index contributed by atoms with van der Waals surface area (Å²) >= 11 is 6.05. The van der Waals surface area contributed by atoms with Gasteiger partial charge in [0.15, 0.2) is 0 Å². The third-order valence-corrected chi connectivity index (χ3v) is 4.85. The van der Waals surface area contributed by atoms with Crippen molar-refractivity contribution >= 4 is 34.8 Å². The van der Waals surface area contributed by atoms with Gasteiger partial charge in [0.2, 0.25) is 11.8 Å². The first-order valence-corrected chi connectivity index (χ1v) is 8.27. The molecule has 1 aliphatic rings. The molecule has 0 radical (unpaired) electrons. The van der Waals surface area contributed by atoms with Gasteiger partial charge in [0.25, 0.3) is 0 Å². The first-order valence-electron chi connectivity index (χ1n) is 7.89. The Balaban J connectivity index is 1.78. The molecule has 1 fully saturated rings. The Morgan fingerprint density at radius 1 is 1.21 bits per heavy atom. The van der Waals surface area contributed by atoms with Crippen LogP contribution < -0.4 is 9.80 Å². The normalized spacial score (nSPS) is 17.2. The molecule has 0 aromatic heterocycles. The molecule has 1 heterocycles. The first kappa shape index (κ1) is 16.5. The minimum atomic E-state index is -0.633. The van der Waals surface area contributed by atoms with Crippen molar-refractivity contribution in [3.05, 3.63) is 59.1 Å². The maximum Gasteiger partial charge on any atom is 0.239 e. The van der Waals surface area contributed by atoms with Gasteiger partial charge >= 0.3 is 0 Å². The van der Waals surface area contributed by atoms with Gasteiger partial charge in [-0.15, -0.1) is 0 Å². The highest BCUT2D eigenvalue weighted by Crippen LogP contribution is 2.30. The molecule has 2 amide bonds. The quantitative estimate of drug-likeness (QED) is 0.799. The Kier molecular flexibility index (Phi) is 4.58. The Morgan fingerprint density at radius 2 is 1.92 bits per heavy atom. The Bertz CT molecular complexity index is 776. The van der Waals surface area contributed by atoms with E-state index < -0.39 is 5.92 Å². The average Bonchev–Trinajstić information content (AvgIpc) is 2.98. The van der Waals surface area contributed by atoms with Crippen LogP contribution in [-0.4, -0.2) is 25.4 Å². The lowest BCUT2D eigenvalue weighted by Gasteiger charge is -2.21. The van der Waals surface area contributed by atoms with Crippen LogP contribution in [0.15, 0.2) is 48.5 Å². The zero-order valence-electron chi connectivity index (χ0n) is 13.7.